The molecular weight excluding hydrogens is 331 g/mol. The summed E-state index contributed by atoms with van der Waals surface area (Å²) in [5.74, 6) is 0.401. The largest absolute Gasteiger partial charge is 0.450 e. The molecule has 2 aromatic heterocycles. The summed E-state index contributed by atoms with van der Waals surface area (Å²) in [6, 6.07) is 13.0. The molecule has 0 aliphatic heterocycles. The highest BCUT2D eigenvalue weighted by molar-refractivity contribution is 6.05. The molecule has 4 rings (SSSR count). The Labute approximate surface area is 150 Å². The van der Waals surface area contributed by atoms with Crippen LogP contribution in [0.5, 0.6) is 0 Å². The summed E-state index contributed by atoms with van der Waals surface area (Å²) in [6.07, 6.45) is 1.51. The van der Waals surface area contributed by atoms with Gasteiger partial charge in [-0.3, -0.25) is 0 Å². The zero-order chi connectivity index (χ0) is 18.1. The molecule has 5 nitrogen and oxygen atoms in total. The lowest BCUT2D eigenvalue weighted by Gasteiger charge is -2.12. The Balaban J connectivity index is 1.59. The summed E-state index contributed by atoms with van der Waals surface area (Å²) in [5, 5.41) is 4.18. The molecule has 0 amide bonds. The smallest absolute Gasteiger partial charge is 0.196 e. The van der Waals surface area contributed by atoms with Gasteiger partial charge in [0.1, 0.15) is 23.2 Å². The third-order valence-corrected chi connectivity index (χ3v) is 4.22. The van der Waals surface area contributed by atoms with Gasteiger partial charge in [0.15, 0.2) is 11.4 Å². The van der Waals surface area contributed by atoms with Crippen molar-refractivity contribution in [3.63, 3.8) is 0 Å². The molecule has 0 aliphatic carbocycles. The van der Waals surface area contributed by atoms with E-state index >= 15 is 0 Å². The summed E-state index contributed by atoms with van der Waals surface area (Å²) < 4.78 is 20.1. The fourth-order valence-electron chi connectivity index (χ4n) is 3.00. The Morgan fingerprint density at radius 3 is 2.77 bits per heavy atom. The van der Waals surface area contributed by atoms with Crippen LogP contribution in [-0.2, 0) is 13.1 Å². The van der Waals surface area contributed by atoms with Crippen LogP contribution in [0.1, 0.15) is 11.1 Å². The number of hydrogen-bond donors (Lipinski definition) is 1. The van der Waals surface area contributed by atoms with E-state index in [2.05, 4.69) is 15.3 Å². The minimum Gasteiger partial charge on any atom is -0.450 e. The molecule has 4 aromatic rings. The van der Waals surface area contributed by atoms with Gasteiger partial charge in [-0.05, 0) is 37.9 Å². The molecule has 0 spiro atoms. The third-order valence-electron chi connectivity index (χ3n) is 4.22. The highest BCUT2D eigenvalue weighted by atomic mass is 19.1. The molecule has 0 fully saturated rings. The van der Waals surface area contributed by atoms with E-state index < -0.39 is 0 Å². The Morgan fingerprint density at radius 1 is 1.12 bits per heavy atom. The van der Waals surface area contributed by atoms with Crippen LogP contribution in [0.2, 0.25) is 0 Å². The van der Waals surface area contributed by atoms with Crippen LogP contribution >= 0.6 is 0 Å². The fourth-order valence-corrected chi connectivity index (χ4v) is 3.00. The van der Waals surface area contributed by atoms with Crippen molar-refractivity contribution in [1.29, 1.82) is 0 Å². The van der Waals surface area contributed by atoms with Crippen LogP contribution in [0.25, 0.3) is 22.1 Å². The second-order valence-corrected chi connectivity index (χ2v) is 6.52. The second kappa shape index (κ2) is 6.72. The standard InChI is InChI=1S/C20H19FN4O/c1-25(2)11-14-8-7-13(9-16(14)21)10-22-20-19-18(23-12-24-20)15-5-3-4-6-17(15)26-19/h3-9,12H,10-11H2,1-2H3,(H,22,23,24). The SMILES string of the molecule is CN(C)Cc1ccc(CNc2ncnc3c2oc2ccccc23)cc1F. The number of halogens is 1. The van der Waals surface area contributed by atoms with Gasteiger partial charge in [-0.25, -0.2) is 14.4 Å². The molecule has 6 heteroatoms. The van der Waals surface area contributed by atoms with Gasteiger partial charge in [0.2, 0.25) is 0 Å². The topological polar surface area (TPSA) is 54.2 Å². The molecular formula is C20H19FN4O. The quantitative estimate of drug-likeness (QED) is 0.585. The molecule has 132 valence electrons. The number of nitrogens with zero attached hydrogens (tertiary/aromatic N) is 3. The first kappa shape index (κ1) is 16.5. The monoisotopic (exact) mass is 350 g/mol. The average Bonchev–Trinajstić information content (AvgIpc) is 3.01. The maximum atomic E-state index is 14.2. The highest BCUT2D eigenvalue weighted by Gasteiger charge is 2.13. The van der Waals surface area contributed by atoms with E-state index in [1.807, 2.05) is 55.4 Å². The van der Waals surface area contributed by atoms with Gasteiger partial charge in [-0.1, -0.05) is 24.3 Å². The lowest BCUT2D eigenvalue weighted by molar-refractivity contribution is 0.392. The van der Waals surface area contributed by atoms with Crippen molar-refractivity contribution in [2.45, 2.75) is 13.1 Å². The maximum Gasteiger partial charge on any atom is 0.196 e. The van der Waals surface area contributed by atoms with E-state index in [1.165, 1.54) is 6.33 Å². The lowest BCUT2D eigenvalue weighted by Crippen LogP contribution is -2.12. The third kappa shape index (κ3) is 3.11. The van der Waals surface area contributed by atoms with Crippen LogP contribution in [0, 0.1) is 5.82 Å². The Hall–Kier alpha value is -2.99. The number of furan rings is 1. The van der Waals surface area contributed by atoms with E-state index in [1.54, 1.807) is 6.07 Å². The van der Waals surface area contributed by atoms with Crippen molar-refractivity contribution in [3.8, 4) is 0 Å². The lowest BCUT2D eigenvalue weighted by atomic mass is 10.1. The first-order valence-electron chi connectivity index (χ1n) is 8.40. The summed E-state index contributed by atoms with van der Waals surface area (Å²) in [4.78, 5) is 10.5. The van der Waals surface area contributed by atoms with Gasteiger partial charge in [0.25, 0.3) is 0 Å². The predicted octanol–water partition coefficient (Wildman–Crippen LogP) is 4.19. The van der Waals surface area contributed by atoms with Gasteiger partial charge in [0.05, 0.1) is 0 Å². The summed E-state index contributed by atoms with van der Waals surface area (Å²) in [7, 11) is 3.84. The molecule has 0 bridgehead atoms. The van der Waals surface area contributed by atoms with Crippen LogP contribution in [-0.4, -0.2) is 29.0 Å². The molecule has 1 N–H and O–H groups in total. The number of nitrogens with one attached hydrogen (secondary N) is 1. The van der Waals surface area contributed by atoms with Crippen molar-refractivity contribution in [2.75, 3.05) is 19.4 Å². The minimum atomic E-state index is -0.199. The van der Waals surface area contributed by atoms with E-state index in [0.29, 0.717) is 30.1 Å². The summed E-state index contributed by atoms with van der Waals surface area (Å²) in [5.41, 5.74) is 3.67. The first-order chi connectivity index (χ1) is 12.6. The van der Waals surface area contributed by atoms with Crippen LogP contribution in [0.4, 0.5) is 10.2 Å². The van der Waals surface area contributed by atoms with E-state index in [-0.39, 0.29) is 5.82 Å². The van der Waals surface area contributed by atoms with Crippen molar-refractivity contribution in [2.24, 2.45) is 0 Å². The Morgan fingerprint density at radius 2 is 1.96 bits per heavy atom. The summed E-state index contributed by atoms with van der Waals surface area (Å²) in [6.45, 7) is 1.02. The molecule has 0 radical (unpaired) electrons. The van der Waals surface area contributed by atoms with Crippen LogP contribution < -0.4 is 5.32 Å². The molecule has 2 heterocycles. The van der Waals surface area contributed by atoms with Gasteiger partial charge >= 0.3 is 0 Å². The summed E-state index contributed by atoms with van der Waals surface area (Å²) >= 11 is 0. The van der Waals surface area contributed by atoms with E-state index in [0.717, 1.165) is 22.0 Å². The van der Waals surface area contributed by atoms with E-state index in [9.17, 15) is 4.39 Å². The van der Waals surface area contributed by atoms with Gasteiger partial charge in [0, 0.05) is 24.0 Å². The molecule has 26 heavy (non-hydrogen) atoms. The molecule has 0 atom stereocenters. The van der Waals surface area contributed by atoms with Crippen molar-refractivity contribution in [3.05, 3.63) is 65.7 Å². The number of hydrogen-bond acceptors (Lipinski definition) is 5. The fraction of sp³-hybridized carbons (Fsp3) is 0.200. The second-order valence-electron chi connectivity index (χ2n) is 6.52. The van der Waals surface area contributed by atoms with E-state index in [4.69, 9.17) is 4.42 Å². The van der Waals surface area contributed by atoms with Crippen molar-refractivity contribution in [1.82, 2.24) is 14.9 Å². The zero-order valence-corrected chi connectivity index (χ0v) is 14.7. The normalized spacial score (nSPS) is 11.5. The molecule has 0 saturated carbocycles. The maximum absolute atomic E-state index is 14.2. The Kier molecular flexibility index (Phi) is 4.26. The van der Waals surface area contributed by atoms with Crippen LogP contribution in [0.15, 0.2) is 53.2 Å². The number of para-hydroxylation sites is 1. The zero-order valence-electron chi connectivity index (χ0n) is 14.7. The van der Waals surface area contributed by atoms with Crippen molar-refractivity contribution >= 4 is 27.9 Å². The highest BCUT2D eigenvalue weighted by Crippen LogP contribution is 2.30. The number of aromatic nitrogens is 2. The number of anilines is 1. The van der Waals surface area contributed by atoms with Gasteiger partial charge in [-0.15, -0.1) is 0 Å². The molecule has 0 aliphatic rings. The molecule has 0 unspecified atom stereocenters. The minimum absolute atomic E-state index is 0.199. The number of fused-ring (bicyclic) bond motifs is 3. The molecule has 0 saturated heterocycles. The van der Waals surface area contributed by atoms with Crippen LogP contribution in [0.3, 0.4) is 0 Å². The van der Waals surface area contributed by atoms with Crippen molar-refractivity contribution < 1.29 is 8.81 Å². The Bertz CT molecular complexity index is 1070. The van der Waals surface area contributed by atoms with Gasteiger partial charge in [-0.2, -0.15) is 0 Å². The first-order valence-corrected chi connectivity index (χ1v) is 8.40. The average molecular weight is 350 g/mol. The molecule has 2 aromatic carbocycles. The number of rotatable bonds is 5. The van der Waals surface area contributed by atoms with Gasteiger partial charge < -0.3 is 14.6 Å². The predicted molar refractivity (Wildman–Crippen MR) is 100 cm³/mol. The number of benzene rings is 2.